The van der Waals surface area contributed by atoms with E-state index < -0.39 is 20.5 Å². The van der Waals surface area contributed by atoms with E-state index in [2.05, 4.69) is 3.63 Å². The maximum absolute atomic E-state index is 9.89. The summed E-state index contributed by atoms with van der Waals surface area (Å²) in [6, 6.07) is 0. The number of rotatable bonds is 2. The van der Waals surface area contributed by atoms with Crippen molar-refractivity contribution in [2.45, 2.75) is 0 Å². The smallest absolute Gasteiger partial charge is 0.263 e. The number of hydrogen-bond donors (Lipinski definition) is 1. The van der Waals surface area contributed by atoms with Gasteiger partial charge in [0.1, 0.15) is 0 Å². The van der Waals surface area contributed by atoms with Gasteiger partial charge in [-0.15, -0.1) is 3.63 Å². The lowest BCUT2D eigenvalue weighted by Crippen LogP contribution is -2.09. The monoisotopic (exact) mass is 187 g/mol. The molecule has 0 atom stereocenters. The van der Waals surface area contributed by atoms with Gasteiger partial charge < -0.3 is 0 Å². The van der Waals surface area contributed by atoms with E-state index in [0.717, 1.165) is 0 Å². The van der Waals surface area contributed by atoms with E-state index in [1.807, 2.05) is 0 Å². The molecule has 0 aromatic carbocycles. The Morgan fingerprint density at radius 3 is 1.80 bits per heavy atom. The maximum atomic E-state index is 9.89. The third-order valence-electron chi connectivity index (χ3n) is 0.287. The average Bonchev–Trinajstić information content (AvgIpc) is 1.60. The highest BCUT2D eigenvalue weighted by Crippen LogP contribution is 1.95. The zero-order valence-corrected chi connectivity index (χ0v) is 5.89. The van der Waals surface area contributed by atoms with E-state index >= 15 is 0 Å². The van der Waals surface area contributed by atoms with Gasteiger partial charge in [-0.3, -0.25) is 4.55 Å². The quantitative estimate of drug-likeness (QED) is 0.321. The van der Waals surface area contributed by atoms with Crippen molar-refractivity contribution in [1.29, 1.82) is 5.26 Å². The van der Waals surface area contributed by atoms with E-state index in [-0.39, 0.29) is 0 Å². The van der Waals surface area contributed by atoms with E-state index in [9.17, 15) is 16.8 Å². The Morgan fingerprint density at radius 2 is 1.70 bits per heavy atom. The topological polar surface area (TPSA) is 122 Å². The molecule has 0 radical (unpaired) electrons. The minimum atomic E-state index is -5.10. The molecule has 0 saturated heterocycles. The van der Waals surface area contributed by atoms with Crippen molar-refractivity contribution in [2.75, 3.05) is 0 Å². The van der Waals surface area contributed by atoms with Crippen molar-refractivity contribution < 1.29 is 25.0 Å². The molecule has 58 valence electrons. The van der Waals surface area contributed by atoms with Gasteiger partial charge in [0.25, 0.3) is 0 Å². The van der Waals surface area contributed by atoms with Crippen LogP contribution in [-0.4, -0.2) is 21.4 Å². The molecule has 0 rings (SSSR count). The lowest BCUT2D eigenvalue weighted by Gasteiger charge is -1.88. The van der Waals surface area contributed by atoms with Gasteiger partial charge in [-0.1, -0.05) is 0 Å². The van der Waals surface area contributed by atoms with Crippen LogP contribution >= 0.6 is 0 Å². The molecule has 0 aliphatic carbocycles. The molecule has 0 aliphatic heterocycles. The van der Waals surface area contributed by atoms with E-state index in [1.54, 1.807) is 0 Å². The Hall–Kier alpha value is -0.690. The first-order valence-corrected chi connectivity index (χ1v) is 4.38. The normalized spacial score (nSPS) is 12.4. The number of hydrogen-bond acceptors (Lipinski definition) is 6. The summed E-state index contributed by atoms with van der Waals surface area (Å²) >= 11 is 0. The first-order valence-electron chi connectivity index (χ1n) is 1.61. The molecule has 0 bridgehead atoms. The molecular formula is CHNO6S2. The van der Waals surface area contributed by atoms with Crippen LogP contribution in [0.1, 0.15) is 0 Å². The summed E-state index contributed by atoms with van der Waals surface area (Å²) in [7, 11) is -9.91. The van der Waals surface area contributed by atoms with Gasteiger partial charge in [0, 0.05) is 0 Å². The van der Waals surface area contributed by atoms with E-state index in [4.69, 9.17) is 9.81 Å². The van der Waals surface area contributed by atoms with Gasteiger partial charge >= 0.3 is 20.5 Å². The van der Waals surface area contributed by atoms with Crippen molar-refractivity contribution in [3.63, 3.8) is 0 Å². The van der Waals surface area contributed by atoms with Gasteiger partial charge in [0.05, 0.1) is 0 Å². The van der Waals surface area contributed by atoms with Crippen LogP contribution in [0.25, 0.3) is 0 Å². The van der Waals surface area contributed by atoms with Crippen LogP contribution in [0.4, 0.5) is 0 Å². The number of nitriles is 1. The summed E-state index contributed by atoms with van der Waals surface area (Å²) in [5.74, 6) is 0. The Labute approximate surface area is 56.9 Å². The van der Waals surface area contributed by atoms with Crippen LogP contribution in [0.5, 0.6) is 0 Å². The molecule has 7 nitrogen and oxygen atoms in total. The lowest BCUT2D eigenvalue weighted by atomic mass is 11.8. The predicted octanol–water partition coefficient (Wildman–Crippen LogP) is -1.38. The Bertz CT molecular complexity index is 340. The van der Waals surface area contributed by atoms with Gasteiger partial charge in [-0.2, -0.15) is 22.1 Å². The molecule has 0 aliphatic rings. The SMILES string of the molecule is N#CS(=O)(=O)OS(=O)(=O)O. The fraction of sp³-hybridized carbons (Fsp3) is 0. The Kier molecular flexibility index (Phi) is 2.33. The minimum Gasteiger partial charge on any atom is -0.263 e. The third kappa shape index (κ3) is 4.21. The first kappa shape index (κ1) is 9.31. The van der Waals surface area contributed by atoms with Crippen LogP contribution < -0.4 is 0 Å². The summed E-state index contributed by atoms with van der Waals surface area (Å²) < 4.78 is 49.6. The summed E-state index contributed by atoms with van der Waals surface area (Å²) in [5, 5.41) is 8.13. The Balaban J connectivity index is 4.71. The zero-order chi connectivity index (χ0) is 8.41. The number of thiocyanates is 1. The molecule has 0 aromatic heterocycles. The molecule has 9 heteroatoms. The van der Waals surface area contributed by atoms with Crippen LogP contribution in [0.2, 0.25) is 0 Å². The molecule has 0 heterocycles. The van der Waals surface area contributed by atoms with Crippen LogP contribution in [0.3, 0.4) is 0 Å². The highest BCUT2D eigenvalue weighted by Gasteiger charge is 2.18. The highest BCUT2D eigenvalue weighted by molar-refractivity contribution is 8.00. The molecular weight excluding hydrogens is 186 g/mol. The van der Waals surface area contributed by atoms with Crippen molar-refractivity contribution in [3.8, 4) is 5.40 Å². The molecule has 1 N–H and O–H groups in total. The van der Waals surface area contributed by atoms with Gasteiger partial charge in [-0.05, 0) is 0 Å². The number of nitrogens with zero attached hydrogens (tertiary/aromatic N) is 1. The molecule has 0 spiro atoms. The maximum Gasteiger partial charge on any atom is 0.412 e. The summed E-state index contributed by atoms with van der Waals surface area (Å²) in [5.41, 5.74) is 0. The zero-order valence-electron chi connectivity index (χ0n) is 4.25. The van der Waals surface area contributed by atoms with Gasteiger partial charge in [0.15, 0.2) is 0 Å². The van der Waals surface area contributed by atoms with Crippen LogP contribution in [-0.2, 0) is 24.1 Å². The highest BCUT2D eigenvalue weighted by atomic mass is 32.3. The Morgan fingerprint density at radius 1 is 1.30 bits per heavy atom. The van der Waals surface area contributed by atoms with Crippen LogP contribution in [0.15, 0.2) is 0 Å². The minimum absolute atomic E-state index is 0.509. The average molecular weight is 187 g/mol. The molecule has 0 fully saturated rings. The molecule has 0 aromatic rings. The fourth-order valence-electron chi connectivity index (χ4n) is 0.128. The van der Waals surface area contributed by atoms with Crippen molar-refractivity contribution >= 4 is 20.5 Å². The third-order valence-corrected chi connectivity index (χ3v) is 1.92. The summed E-state index contributed by atoms with van der Waals surface area (Å²) in [4.78, 5) is 0. The molecule has 0 saturated carbocycles. The summed E-state index contributed by atoms with van der Waals surface area (Å²) in [6.07, 6.45) is 0. The lowest BCUT2D eigenvalue weighted by molar-refractivity contribution is 0.387. The van der Waals surface area contributed by atoms with E-state index in [1.165, 1.54) is 0 Å². The van der Waals surface area contributed by atoms with Gasteiger partial charge in [0.2, 0.25) is 5.40 Å². The van der Waals surface area contributed by atoms with Gasteiger partial charge in [-0.25, -0.2) is 0 Å². The molecule has 10 heavy (non-hydrogen) atoms. The van der Waals surface area contributed by atoms with Crippen molar-refractivity contribution in [3.05, 3.63) is 0 Å². The molecule has 0 unspecified atom stereocenters. The summed E-state index contributed by atoms with van der Waals surface area (Å²) in [6.45, 7) is 0. The largest absolute Gasteiger partial charge is 0.412 e. The molecule has 0 amide bonds. The fourth-order valence-corrected chi connectivity index (χ4v) is 1.16. The first-order chi connectivity index (χ1) is 4.27. The standard InChI is InChI=1S/CHNO6S2/c2-1-9(3,4)8-10(5,6)7/h(H,5,6,7). The van der Waals surface area contributed by atoms with Crippen molar-refractivity contribution in [1.82, 2.24) is 0 Å². The predicted molar refractivity (Wildman–Crippen MR) is 27.2 cm³/mol. The second-order valence-electron chi connectivity index (χ2n) is 1.04. The van der Waals surface area contributed by atoms with Crippen LogP contribution in [0, 0.1) is 10.7 Å². The second kappa shape index (κ2) is 2.51. The van der Waals surface area contributed by atoms with E-state index in [0.29, 0.717) is 5.40 Å². The van der Waals surface area contributed by atoms with Crippen molar-refractivity contribution in [2.24, 2.45) is 0 Å². The second-order valence-corrected chi connectivity index (χ2v) is 3.53.